The fourth-order valence-corrected chi connectivity index (χ4v) is 5.16. The Labute approximate surface area is 264 Å². The molecule has 0 fully saturated rings. The van der Waals surface area contributed by atoms with E-state index >= 15 is 0 Å². The van der Waals surface area contributed by atoms with Crippen molar-refractivity contribution in [2.45, 2.75) is 13.5 Å². The third-order valence-electron chi connectivity index (χ3n) is 6.93. The summed E-state index contributed by atoms with van der Waals surface area (Å²) in [6.07, 6.45) is 1.53. The number of non-ortho nitro benzene ring substituents is 1. The van der Waals surface area contributed by atoms with Gasteiger partial charge in [-0.25, -0.2) is 4.98 Å². The number of aromatic nitrogens is 2. The highest BCUT2D eigenvalue weighted by atomic mass is 79.9. The van der Waals surface area contributed by atoms with Crippen molar-refractivity contribution in [2.24, 2.45) is 5.10 Å². The summed E-state index contributed by atoms with van der Waals surface area (Å²) in [5.74, 6) is 2.11. The molecule has 0 saturated heterocycles. The zero-order valence-corrected chi connectivity index (χ0v) is 25.7. The van der Waals surface area contributed by atoms with Crippen LogP contribution in [-0.4, -0.2) is 34.5 Å². The first-order chi connectivity index (χ1) is 21.9. The van der Waals surface area contributed by atoms with E-state index in [1.54, 1.807) is 55.6 Å². The number of halogens is 1. The molecule has 2 heterocycles. The fraction of sp³-hybridized carbons (Fsp3) is 0.121. The molecule has 45 heavy (non-hydrogen) atoms. The lowest BCUT2D eigenvalue weighted by Crippen LogP contribution is -2.20. The molecule has 11 nitrogen and oxygen atoms in total. The van der Waals surface area contributed by atoms with Crippen molar-refractivity contribution in [1.82, 2.24) is 9.66 Å². The van der Waals surface area contributed by atoms with E-state index in [0.29, 0.717) is 56.1 Å². The van der Waals surface area contributed by atoms with Gasteiger partial charge < -0.3 is 18.6 Å². The Morgan fingerprint density at radius 2 is 1.76 bits per heavy atom. The molecule has 6 aromatic rings. The average molecular weight is 669 g/mol. The molecule has 0 bridgehead atoms. The van der Waals surface area contributed by atoms with E-state index < -0.39 is 4.92 Å². The minimum absolute atomic E-state index is 0.00376. The number of ether oxygens (including phenoxy) is 3. The van der Waals surface area contributed by atoms with Gasteiger partial charge in [0.2, 0.25) is 5.82 Å². The molecule has 0 radical (unpaired) electrons. The Hall–Kier alpha value is -5.49. The molecule has 226 valence electrons. The molecule has 0 aliphatic heterocycles. The SMILES string of the molecule is CCOc1cc(C=Nn2c(-c3cc4c(OC)cccc4o3)nc3ccccc3c2=O)c(Br)cc1OCc1ccc([N+](=O)[O-])cc1. The van der Waals surface area contributed by atoms with Gasteiger partial charge in [-0.15, -0.1) is 0 Å². The van der Waals surface area contributed by atoms with Crippen molar-refractivity contribution in [1.29, 1.82) is 0 Å². The van der Waals surface area contributed by atoms with Gasteiger partial charge in [-0.1, -0.05) is 18.2 Å². The van der Waals surface area contributed by atoms with Gasteiger partial charge in [0.1, 0.15) is 17.9 Å². The fourth-order valence-electron chi connectivity index (χ4n) is 4.74. The van der Waals surface area contributed by atoms with Crippen LogP contribution in [0.25, 0.3) is 33.5 Å². The number of nitro groups is 1. The lowest BCUT2D eigenvalue weighted by molar-refractivity contribution is -0.384. The summed E-state index contributed by atoms with van der Waals surface area (Å²) in [5.41, 5.74) is 2.08. The summed E-state index contributed by atoms with van der Waals surface area (Å²) in [6, 6.07) is 23.9. The first-order valence-electron chi connectivity index (χ1n) is 13.8. The van der Waals surface area contributed by atoms with E-state index in [2.05, 4.69) is 21.0 Å². The quantitative estimate of drug-likeness (QED) is 0.0841. The molecule has 4 aromatic carbocycles. The molecule has 12 heteroatoms. The summed E-state index contributed by atoms with van der Waals surface area (Å²) in [4.78, 5) is 29.0. The second-order valence-electron chi connectivity index (χ2n) is 9.76. The van der Waals surface area contributed by atoms with E-state index in [1.165, 1.54) is 23.0 Å². The number of rotatable bonds is 10. The first-order valence-corrected chi connectivity index (χ1v) is 14.6. The Bertz CT molecular complexity index is 2140. The standard InChI is InChI=1S/C33H25BrN4O7/c1-3-43-29-15-21(25(34)17-30(29)44-19-20-11-13-22(14-12-20)38(40)41)18-35-37-32(36-26-8-5-4-7-23(26)33(37)39)31-16-24-27(42-2)9-6-10-28(24)45-31/h4-18H,3,19H2,1-2H3. The van der Waals surface area contributed by atoms with Crippen molar-refractivity contribution in [2.75, 3.05) is 13.7 Å². The molecule has 0 N–H and O–H groups in total. The number of nitrogens with zero attached hydrogens (tertiary/aromatic N) is 4. The summed E-state index contributed by atoms with van der Waals surface area (Å²) in [6.45, 7) is 2.40. The van der Waals surface area contributed by atoms with Gasteiger partial charge in [0.15, 0.2) is 17.3 Å². The van der Waals surface area contributed by atoms with Gasteiger partial charge in [-0.3, -0.25) is 14.9 Å². The second-order valence-corrected chi connectivity index (χ2v) is 10.6. The van der Waals surface area contributed by atoms with Gasteiger partial charge in [0, 0.05) is 22.2 Å². The zero-order valence-electron chi connectivity index (χ0n) is 24.1. The number of hydrogen-bond acceptors (Lipinski definition) is 9. The van der Waals surface area contributed by atoms with Gasteiger partial charge in [0.05, 0.1) is 41.1 Å². The molecule has 0 aliphatic rings. The van der Waals surface area contributed by atoms with Gasteiger partial charge in [-0.05, 0) is 83.0 Å². The molecule has 6 rings (SSSR count). The maximum Gasteiger partial charge on any atom is 0.282 e. The van der Waals surface area contributed by atoms with Crippen molar-refractivity contribution in [3.05, 3.63) is 121 Å². The van der Waals surface area contributed by atoms with E-state index in [9.17, 15) is 14.9 Å². The van der Waals surface area contributed by atoms with Crippen LogP contribution in [0, 0.1) is 10.1 Å². The average Bonchev–Trinajstić information content (AvgIpc) is 3.49. The lowest BCUT2D eigenvalue weighted by atomic mass is 10.2. The highest BCUT2D eigenvalue weighted by molar-refractivity contribution is 9.10. The largest absolute Gasteiger partial charge is 0.496 e. The Morgan fingerprint density at radius 1 is 0.978 bits per heavy atom. The van der Waals surface area contributed by atoms with Crippen molar-refractivity contribution in [3.8, 4) is 28.8 Å². The number of para-hydroxylation sites is 1. The molecule has 0 spiro atoms. The molecule has 0 aliphatic carbocycles. The third-order valence-corrected chi connectivity index (χ3v) is 7.62. The van der Waals surface area contributed by atoms with Gasteiger partial charge in [0.25, 0.3) is 11.2 Å². The van der Waals surface area contributed by atoms with Gasteiger partial charge in [-0.2, -0.15) is 9.78 Å². The summed E-state index contributed by atoms with van der Waals surface area (Å²) >= 11 is 3.58. The number of fused-ring (bicyclic) bond motifs is 2. The van der Waals surface area contributed by atoms with Crippen LogP contribution in [0.1, 0.15) is 18.1 Å². The molecular weight excluding hydrogens is 644 g/mol. The van der Waals surface area contributed by atoms with Crippen LogP contribution in [0.2, 0.25) is 0 Å². The molecule has 0 unspecified atom stereocenters. The van der Waals surface area contributed by atoms with Crippen LogP contribution in [-0.2, 0) is 6.61 Å². The van der Waals surface area contributed by atoms with Crippen LogP contribution in [0.5, 0.6) is 17.2 Å². The smallest absolute Gasteiger partial charge is 0.282 e. The van der Waals surface area contributed by atoms with Crippen LogP contribution in [0.4, 0.5) is 5.69 Å². The topological polar surface area (TPSA) is 131 Å². The minimum Gasteiger partial charge on any atom is -0.496 e. The van der Waals surface area contributed by atoms with Crippen molar-refractivity contribution in [3.63, 3.8) is 0 Å². The van der Waals surface area contributed by atoms with E-state index in [1.807, 2.05) is 31.2 Å². The highest BCUT2D eigenvalue weighted by Gasteiger charge is 2.18. The molecule has 0 atom stereocenters. The van der Waals surface area contributed by atoms with Crippen molar-refractivity contribution >= 4 is 49.7 Å². The van der Waals surface area contributed by atoms with Crippen LogP contribution >= 0.6 is 15.9 Å². The van der Waals surface area contributed by atoms with Crippen LogP contribution in [0.3, 0.4) is 0 Å². The number of benzene rings is 4. The van der Waals surface area contributed by atoms with E-state index in [4.69, 9.17) is 23.6 Å². The Kier molecular flexibility index (Phi) is 8.30. The summed E-state index contributed by atoms with van der Waals surface area (Å²) in [5, 5.41) is 16.7. The third kappa shape index (κ3) is 6.00. The predicted molar refractivity (Wildman–Crippen MR) is 173 cm³/mol. The zero-order chi connectivity index (χ0) is 31.5. The lowest BCUT2D eigenvalue weighted by Gasteiger charge is -2.14. The number of furan rings is 1. The number of methoxy groups -OCH3 is 1. The van der Waals surface area contributed by atoms with Crippen molar-refractivity contribution < 1.29 is 23.6 Å². The molecule has 0 saturated carbocycles. The normalized spacial score (nSPS) is 11.4. The number of nitro benzene ring substituents is 1. The number of hydrogen-bond donors (Lipinski definition) is 0. The maximum atomic E-state index is 13.7. The maximum absolute atomic E-state index is 13.7. The first kappa shape index (κ1) is 29.6. The van der Waals surface area contributed by atoms with E-state index in [-0.39, 0.29) is 23.7 Å². The van der Waals surface area contributed by atoms with Gasteiger partial charge >= 0.3 is 0 Å². The highest BCUT2D eigenvalue weighted by Crippen LogP contribution is 2.35. The molecular formula is C33H25BrN4O7. The second kappa shape index (κ2) is 12.6. The van der Waals surface area contributed by atoms with E-state index in [0.717, 1.165) is 10.9 Å². The molecule has 0 amide bonds. The predicted octanol–water partition coefficient (Wildman–Crippen LogP) is 7.35. The monoisotopic (exact) mass is 668 g/mol. The van der Waals surface area contributed by atoms with Crippen LogP contribution < -0.4 is 19.8 Å². The Balaban J connectivity index is 1.38. The van der Waals surface area contributed by atoms with Crippen LogP contribution in [0.15, 0.2) is 104 Å². The molecule has 2 aromatic heterocycles. The summed E-state index contributed by atoms with van der Waals surface area (Å²) < 4.78 is 25.3. The summed E-state index contributed by atoms with van der Waals surface area (Å²) in [7, 11) is 1.58. The minimum atomic E-state index is -0.450. The Morgan fingerprint density at radius 3 is 2.51 bits per heavy atom.